The number of rotatable bonds is 4. The van der Waals surface area contributed by atoms with Crippen LogP contribution in [0.2, 0.25) is 0 Å². The molecule has 1 amide bonds. The van der Waals surface area contributed by atoms with Crippen molar-refractivity contribution in [3.8, 4) is 0 Å². The van der Waals surface area contributed by atoms with E-state index in [2.05, 4.69) is 24.3 Å². The van der Waals surface area contributed by atoms with E-state index >= 15 is 0 Å². The monoisotopic (exact) mass is 291 g/mol. The number of nitrogen functional groups attached to an aromatic ring is 1. The van der Waals surface area contributed by atoms with Crippen molar-refractivity contribution < 1.29 is 9.53 Å². The maximum absolute atomic E-state index is 12.4. The molecular weight excluding hydrogens is 266 g/mol. The van der Waals surface area contributed by atoms with Crippen LogP contribution in [0.5, 0.6) is 0 Å². The van der Waals surface area contributed by atoms with Crippen LogP contribution >= 0.6 is 0 Å². The second-order valence-corrected chi connectivity index (χ2v) is 5.99. The molecule has 0 aliphatic carbocycles. The number of amides is 1. The molecule has 5 nitrogen and oxygen atoms in total. The van der Waals surface area contributed by atoms with E-state index in [1.165, 1.54) is 0 Å². The van der Waals surface area contributed by atoms with Crippen molar-refractivity contribution in [3.05, 3.63) is 29.3 Å². The van der Waals surface area contributed by atoms with Gasteiger partial charge in [-0.05, 0) is 51.6 Å². The van der Waals surface area contributed by atoms with Gasteiger partial charge in [-0.1, -0.05) is 6.07 Å². The van der Waals surface area contributed by atoms with Crippen LogP contribution in [0, 0.1) is 6.92 Å². The third-order valence-corrected chi connectivity index (χ3v) is 4.46. The van der Waals surface area contributed by atoms with Gasteiger partial charge in [0.1, 0.15) is 0 Å². The number of carbonyl (C=O) groups excluding carboxylic acids is 1. The number of likely N-dealkylation sites (N-methyl/N-ethyl adjacent to an activating group) is 1. The van der Waals surface area contributed by atoms with E-state index in [-0.39, 0.29) is 11.4 Å². The van der Waals surface area contributed by atoms with Gasteiger partial charge in [0.15, 0.2) is 0 Å². The molecule has 1 aliphatic rings. The Hall–Kier alpha value is -1.59. The van der Waals surface area contributed by atoms with Crippen molar-refractivity contribution in [2.75, 3.05) is 39.6 Å². The zero-order valence-electron chi connectivity index (χ0n) is 13.1. The summed E-state index contributed by atoms with van der Waals surface area (Å²) in [6, 6.07) is 5.42. The minimum absolute atomic E-state index is 0.0257. The molecule has 0 atom stereocenters. The maximum Gasteiger partial charge on any atom is 0.251 e. The van der Waals surface area contributed by atoms with E-state index in [1.807, 2.05) is 19.1 Å². The Balaban J connectivity index is 2.07. The highest BCUT2D eigenvalue weighted by Gasteiger charge is 2.35. The van der Waals surface area contributed by atoms with Gasteiger partial charge in [0, 0.05) is 36.5 Å². The van der Waals surface area contributed by atoms with Gasteiger partial charge in [-0.15, -0.1) is 0 Å². The van der Waals surface area contributed by atoms with Crippen molar-refractivity contribution >= 4 is 11.6 Å². The van der Waals surface area contributed by atoms with E-state index in [4.69, 9.17) is 10.5 Å². The molecular formula is C16H25N3O2. The summed E-state index contributed by atoms with van der Waals surface area (Å²) in [5.41, 5.74) is 7.94. The van der Waals surface area contributed by atoms with Crippen LogP contribution < -0.4 is 11.1 Å². The number of nitrogens with zero attached hydrogens (tertiary/aromatic N) is 1. The Bertz CT molecular complexity index is 508. The molecule has 2 rings (SSSR count). The number of hydrogen-bond acceptors (Lipinski definition) is 4. The number of nitrogens with two attached hydrogens (primary N) is 1. The van der Waals surface area contributed by atoms with E-state index in [0.717, 1.165) is 31.6 Å². The van der Waals surface area contributed by atoms with Gasteiger partial charge in [-0.2, -0.15) is 0 Å². The summed E-state index contributed by atoms with van der Waals surface area (Å²) in [5.74, 6) is -0.0625. The molecule has 0 aromatic heterocycles. The molecule has 116 valence electrons. The lowest BCUT2D eigenvalue weighted by Gasteiger charge is -2.42. The van der Waals surface area contributed by atoms with E-state index in [0.29, 0.717) is 17.8 Å². The number of benzene rings is 1. The van der Waals surface area contributed by atoms with Crippen LogP contribution in [0.25, 0.3) is 0 Å². The quantitative estimate of drug-likeness (QED) is 0.823. The lowest BCUT2D eigenvalue weighted by molar-refractivity contribution is -0.00658. The average Bonchev–Trinajstić information content (AvgIpc) is 2.48. The minimum atomic E-state index is -0.0625. The van der Waals surface area contributed by atoms with Crippen molar-refractivity contribution in [2.45, 2.75) is 25.3 Å². The molecule has 0 bridgehead atoms. The highest BCUT2D eigenvalue weighted by Crippen LogP contribution is 2.25. The van der Waals surface area contributed by atoms with Gasteiger partial charge in [0.25, 0.3) is 5.91 Å². The first kappa shape index (κ1) is 15.8. The molecule has 1 aromatic rings. The summed E-state index contributed by atoms with van der Waals surface area (Å²) in [6.45, 7) is 4.03. The van der Waals surface area contributed by atoms with Crippen LogP contribution in [0.3, 0.4) is 0 Å². The number of carbonyl (C=O) groups is 1. The fourth-order valence-corrected chi connectivity index (χ4v) is 2.76. The molecule has 0 radical (unpaired) electrons. The molecule has 1 heterocycles. The molecule has 0 spiro atoms. The highest BCUT2D eigenvalue weighted by atomic mass is 16.5. The SMILES string of the molecule is Cc1ccc(N)cc1C(=O)NCC1(N(C)C)CCOCC1. The second kappa shape index (κ2) is 6.45. The van der Waals surface area contributed by atoms with Gasteiger partial charge in [-0.25, -0.2) is 0 Å². The summed E-state index contributed by atoms with van der Waals surface area (Å²) >= 11 is 0. The molecule has 1 fully saturated rings. The van der Waals surface area contributed by atoms with Gasteiger partial charge in [0.2, 0.25) is 0 Å². The lowest BCUT2D eigenvalue weighted by Crippen LogP contribution is -2.55. The van der Waals surface area contributed by atoms with Gasteiger partial charge in [0.05, 0.1) is 0 Å². The van der Waals surface area contributed by atoms with Crippen LogP contribution in [-0.2, 0) is 4.74 Å². The number of aryl methyl sites for hydroxylation is 1. The first-order valence-corrected chi connectivity index (χ1v) is 7.34. The zero-order valence-corrected chi connectivity index (χ0v) is 13.1. The molecule has 3 N–H and O–H groups in total. The van der Waals surface area contributed by atoms with Crippen LogP contribution in [0.4, 0.5) is 5.69 Å². The second-order valence-electron chi connectivity index (χ2n) is 5.99. The summed E-state index contributed by atoms with van der Waals surface area (Å²) in [6.07, 6.45) is 1.85. The summed E-state index contributed by atoms with van der Waals surface area (Å²) in [4.78, 5) is 14.6. The van der Waals surface area contributed by atoms with E-state index in [9.17, 15) is 4.79 Å². The first-order chi connectivity index (χ1) is 9.94. The fraction of sp³-hybridized carbons (Fsp3) is 0.562. The molecule has 1 aromatic carbocycles. The normalized spacial score (nSPS) is 17.7. The summed E-state index contributed by atoms with van der Waals surface area (Å²) in [7, 11) is 4.12. The number of nitrogens with one attached hydrogen (secondary N) is 1. The average molecular weight is 291 g/mol. The van der Waals surface area contributed by atoms with Crippen molar-refractivity contribution in [3.63, 3.8) is 0 Å². The van der Waals surface area contributed by atoms with Crippen LogP contribution in [-0.4, -0.2) is 50.2 Å². The number of ether oxygens (including phenoxy) is 1. The van der Waals surface area contributed by atoms with Gasteiger partial charge < -0.3 is 20.7 Å². The Morgan fingerprint density at radius 3 is 2.67 bits per heavy atom. The predicted molar refractivity (Wildman–Crippen MR) is 84.4 cm³/mol. The molecule has 0 saturated carbocycles. The van der Waals surface area contributed by atoms with Gasteiger partial charge >= 0.3 is 0 Å². The maximum atomic E-state index is 12.4. The zero-order chi connectivity index (χ0) is 15.5. The third kappa shape index (κ3) is 3.54. The smallest absolute Gasteiger partial charge is 0.251 e. The first-order valence-electron chi connectivity index (χ1n) is 7.34. The third-order valence-electron chi connectivity index (χ3n) is 4.46. The topological polar surface area (TPSA) is 67.6 Å². The summed E-state index contributed by atoms with van der Waals surface area (Å²) < 4.78 is 5.45. The van der Waals surface area contributed by atoms with Crippen molar-refractivity contribution in [2.24, 2.45) is 0 Å². The summed E-state index contributed by atoms with van der Waals surface area (Å²) in [5, 5.41) is 3.07. The molecule has 21 heavy (non-hydrogen) atoms. The van der Waals surface area contributed by atoms with E-state index in [1.54, 1.807) is 6.07 Å². The standard InChI is InChI=1S/C16H25N3O2/c1-12-4-5-13(17)10-14(12)15(20)18-11-16(19(2)3)6-8-21-9-7-16/h4-5,10H,6-9,11,17H2,1-3H3,(H,18,20). The predicted octanol–water partition coefficient (Wildman–Crippen LogP) is 1.42. The van der Waals surface area contributed by atoms with Gasteiger partial charge in [-0.3, -0.25) is 4.79 Å². The molecule has 1 saturated heterocycles. The fourth-order valence-electron chi connectivity index (χ4n) is 2.76. The Morgan fingerprint density at radius 1 is 1.38 bits per heavy atom. The minimum Gasteiger partial charge on any atom is -0.399 e. The Labute approximate surface area is 126 Å². The van der Waals surface area contributed by atoms with Crippen molar-refractivity contribution in [1.82, 2.24) is 10.2 Å². The molecule has 1 aliphatic heterocycles. The van der Waals surface area contributed by atoms with Crippen LogP contribution in [0.1, 0.15) is 28.8 Å². The number of hydrogen-bond donors (Lipinski definition) is 2. The highest BCUT2D eigenvalue weighted by molar-refractivity contribution is 5.96. The van der Waals surface area contributed by atoms with Crippen LogP contribution in [0.15, 0.2) is 18.2 Å². The molecule has 5 heteroatoms. The largest absolute Gasteiger partial charge is 0.399 e. The van der Waals surface area contributed by atoms with E-state index < -0.39 is 0 Å². The number of anilines is 1. The van der Waals surface area contributed by atoms with Crippen molar-refractivity contribution in [1.29, 1.82) is 0 Å². The Kier molecular flexibility index (Phi) is 4.85. The molecule has 0 unspecified atom stereocenters. The lowest BCUT2D eigenvalue weighted by atomic mass is 9.88. The Morgan fingerprint density at radius 2 is 2.05 bits per heavy atom.